The second-order valence-corrected chi connectivity index (χ2v) is 7.89. The number of fused-ring (bicyclic) bond motifs is 1. The Bertz CT molecular complexity index is 945. The van der Waals surface area contributed by atoms with Gasteiger partial charge in [-0.3, -0.25) is 9.59 Å². The van der Waals surface area contributed by atoms with Gasteiger partial charge < -0.3 is 20.4 Å². The van der Waals surface area contributed by atoms with Crippen LogP contribution in [-0.4, -0.2) is 50.2 Å². The van der Waals surface area contributed by atoms with Gasteiger partial charge in [0.2, 0.25) is 0 Å². The van der Waals surface area contributed by atoms with Crippen molar-refractivity contribution in [2.75, 3.05) is 13.1 Å². The topological polar surface area (TPSA) is 123 Å². The second-order valence-electron chi connectivity index (χ2n) is 7.89. The van der Waals surface area contributed by atoms with Gasteiger partial charge in [-0.05, 0) is 40.5 Å². The fourth-order valence-electron chi connectivity index (χ4n) is 3.45. The Hall–Kier alpha value is -2.84. The highest BCUT2D eigenvalue weighted by Crippen LogP contribution is 2.29. The highest BCUT2D eigenvalue weighted by molar-refractivity contribution is 5.99. The van der Waals surface area contributed by atoms with Crippen molar-refractivity contribution in [3.8, 4) is 0 Å². The predicted octanol–water partition coefficient (Wildman–Crippen LogP) is 1.54. The summed E-state index contributed by atoms with van der Waals surface area (Å²) in [6.45, 7) is 8.23. The molecule has 0 atom stereocenters. The Balaban J connectivity index is 1.86. The number of likely N-dealkylation sites (tertiary alicyclic amines) is 1. The molecule has 0 aromatic carbocycles. The van der Waals surface area contributed by atoms with Gasteiger partial charge in [-0.25, -0.2) is 9.31 Å². The van der Waals surface area contributed by atoms with Crippen molar-refractivity contribution < 1.29 is 14.3 Å². The third-order valence-electron chi connectivity index (χ3n) is 4.64. The number of H-pyrrole nitrogens is 1. The first-order valence-corrected chi connectivity index (χ1v) is 8.97. The van der Waals surface area contributed by atoms with E-state index in [9.17, 15) is 14.4 Å². The Morgan fingerprint density at radius 1 is 1.30 bits per heavy atom. The molecule has 0 radical (unpaired) electrons. The molecule has 1 aliphatic rings. The summed E-state index contributed by atoms with van der Waals surface area (Å²) in [5.74, 6) is -0.594. The molecule has 0 unspecified atom stereocenters. The number of carbonyl (C=O) groups is 2. The van der Waals surface area contributed by atoms with Crippen LogP contribution in [0.4, 0.5) is 4.79 Å². The van der Waals surface area contributed by atoms with Crippen molar-refractivity contribution in [2.45, 2.75) is 52.1 Å². The number of aryl methyl sites for hydroxylation is 1. The van der Waals surface area contributed by atoms with Crippen LogP contribution in [0.25, 0.3) is 5.65 Å². The molecule has 27 heavy (non-hydrogen) atoms. The molecule has 1 aliphatic heterocycles. The van der Waals surface area contributed by atoms with Crippen molar-refractivity contribution >= 4 is 17.6 Å². The zero-order chi connectivity index (χ0) is 19.9. The molecule has 0 bridgehead atoms. The first-order chi connectivity index (χ1) is 12.6. The minimum absolute atomic E-state index is 0.0357. The van der Waals surface area contributed by atoms with Crippen LogP contribution in [-0.2, 0) is 4.74 Å². The Kier molecular flexibility index (Phi) is 4.71. The van der Waals surface area contributed by atoms with Crippen molar-refractivity contribution in [2.24, 2.45) is 5.73 Å². The summed E-state index contributed by atoms with van der Waals surface area (Å²) < 4.78 is 7.00. The molecule has 3 heterocycles. The summed E-state index contributed by atoms with van der Waals surface area (Å²) in [5.41, 5.74) is 6.31. The van der Waals surface area contributed by atoms with E-state index in [1.54, 1.807) is 16.3 Å². The molecule has 0 aliphatic carbocycles. The number of amides is 2. The lowest BCUT2D eigenvalue weighted by atomic mass is 9.93. The quantitative estimate of drug-likeness (QED) is 0.824. The molecular weight excluding hydrogens is 350 g/mol. The number of primary amides is 1. The van der Waals surface area contributed by atoms with Crippen LogP contribution in [0.5, 0.6) is 0 Å². The number of carbonyl (C=O) groups excluding carboxylic acids is 2. The first kappa shape index (κ1) is 18.9. The normalized spacial score (nSPS) is 15.9. The van der Waals surface area contributed by atoms with E-state index in [0.29, 0.717) is 43.0 Å². The summed E-state index contributed by atoms with van der Waals surface area (Å²) in [7, 11) is 0. The monoisotopic (exact) mass is 375 g/mol. The smallest absolute Gasteiger partial charge is 0.410 e. The predicted molar refractivity (Wildman–Crippen MR) is 98.8 cm³/mol. The molecule has 146 valence electrons. The van der Waals surface area contributed by atoms with Crippen LogP contribution in [0, 0.1) is 6.92 Å². The molecule has 9 nitrogen and oxygen atoms in total. The van der Waals surface area contributed by atoms with Gasteiger partial charge in [-0.1, -0.05) is 0 Å². The van der Waals surface area contributed by atoms with Crippen LogP contribution in [0.15, 0.2) is 10.9 Å². The van der Waals surface area contributed by atoms with Gasteiger partial charge in [0.1, 0.15) is 16.8 Å². The van der Waals surface area contributed by atoms with Gasteiger partial charge in [0, 0.05) is 25.1 Å². The number of hydrogen-bond donors (Lipinski definition) is 2. The third kappa shape index (κ3) is 3.81. The largest absolute Gasteiger partial charge is 0.444 e. The van der Waals surface area contributed by atoms with E-state index in [4.69, 9.17) is 10.5 Å². The van der Waals surface area contributed by atoms with E-state index in [1.165, 1.54) is 6.07 Å². The molecule has 0 saturated carbocycles. The Morgan fingerprint density at radius 3 is 2.48 bits per heavy atom. The third-order valence-corrected chi connectivity index (χ3v) is 4.64. The van der Waals surface area contributed by atoms with Gasteiger partial charge in [0.05, 0.1) is 11.4 Å². The van der Waals surface area contributed by atoms with E-state index in [2.05, 4.69) is 10.1 Å². The van der Waals surface area contributed by atoms with Gasteiger partial charge in [0.25, 0.3) is 11.5 Å². The number of nitrogens with one attached hydrogen (secondary N) is 1. The molecule has 1 saturated heterocycles. The maximum absolute atomic E-state index is 12.2. The maximum Gasteiger partial charge on any atom is 0.410 e. The van der Waals surface area contributed by atoms with Gasteiger partial charge in [-0.2, -0.15) is 5.10 Å². The number of hydrogen-bond acceptors (Lipinski definition) is 5. The summed E-state index contributed by atoms with van der Waals surface area (Å²) in [5, 5.41) is 4.39. The van der Waals surface area contributed by atoms with Gasteiger partial charge in [-0.15, -0.1) is 0 Å². The number of aromatic nitrogens is 3. The van der Waals surface area contributed by atoms with E-state index in [1.807, 2.05) is 20.8 Å². The number of nitrogens with two attached hydrogens (primary N) is 1. The minimum atomic E-state index is -0.630. The van der Waals surface area contributed by atoms with Gasteiger partial charge in [0.15, 0.2) is 0 Å². The lowest BCUT2D eigenvalue weighted by Crippen LogP contribution is -2.41. The minimum Gasteiger partial charge on any atom is -0.444 e. The Morgan fingerprint density at radius 2 is 1.93 bits per heavy atom. The number of ether oxygens (including phenoxy) is 1. The fourth-order valence-corrected chi connectivity index (χ4v) is 3.45. The molecular formula is C18H25N5O4. The standard InChI is InChI=1S/C18H25N5O4/c1-10-14(15(19)25)16-20-13(24)9-12(23(16)21-10)11-5-7-22(8-6-11)17(26)27-18(2,3)4/h9,11H,5-8H2,1-4H3,(H2,19,25)(H,20,24). The fraction of sp³-hybridized carbons (Fsp3) is 0.556. The molecule has 2 aromatic rings. The molecule has 2 aromatic heterocycles. The van der Waals surface area contributed by atoms with Crippen LogP contribution in [0.2, 0.25) is 0 Å². The first-order valence-electron chi connectivity index (χ1n) is 8.97. The molecule has 0 spiro atoms. The van der Waals surface area contributed by atoms with Crippen molar-refractivity contribution in [1.29, 1.82) is 0 Å². The second kappa shape index (κ2) is 6.71. The van der Waals surface area contributed by atoms with E-state index < -0.39 is 11.5 Å². The zero-order valence-electron chi connectivity index (χ0n) is 16.0. The molecule has 1 fully saturated rings. The van der Waals surface area contributed by atoms with Crippen LogP contribution in [0.3, 0.4) is 0 Å². The number of rotatable bonds is 2. The molecule has 3 rings (SSSR count). The van der Waals surface area contributed by atoms with Crippen molar-refractivity contribution in [3.05, 3.63) is 33.4 Å². The van der Waals surface area contributed by atoms with Crippen molar-refractivity contribution in [1.82, 2.24) is 19.5 Å². The average Bonchev–Trinajstić information content (AvgIpc) is 2.88. The highest BCUT2D eigenvalue weighted by atomic mass is 16.6. The molecule has 9 heteroatoms. The summed E-state index contributed by atoms with van der Waals surface area (Å²) in [4.78, 5) is 40.4. The summed E-state index contributed by atoms with van der Waals surface area (Å²) in [6.07, 6.45) is 1.01. The summed E-state index contributed by atoms with van der Waals surface area (Å²) >= 11 is 0. The lowest BCUT2D eigenvalue weighted by molar-refractivity contribution is 0.0203. The SMILES string of the molecule is Cc1nn2c(C3CCN(C(=O)OC(C)(C)C)CC3)cc(=O)[nH]c2c1C(N)=O. The number of nitrogens with zero attached hydrogens (tertiary/aromatic N) is 3. The lowest BCUT2D eigenvalue weighted by Gasteiger charge is -2.33. The van der Waals surface area contributed by atoms with Crippen LogP contribution >= 0.6 is 0 Å². The van der Waals surface area contributed by atoms with E-state index in [-0.39, 0.29) is 23.1 Å². The molecule has 3 N–H and O–H groups in total. The number of aromatic amines is 1. The average molecular weight is 375 g/mol. The van der Waals surface area contributed by atoms with E-state index in [0.717, 1.165) is 0 Å². The highest BCUT2D eigenvalue weighted by Gasteiger charge is 2.29. The zero-order valence-corrected chi connectivity index (χ0v) is 16.0. The van der Waals surface area contributed by atoms with E-state index >= 15 is 0 Å². The van der Waals surface area contributed by atoms with Crippen LogP contribution < -0.4 is 11.3 Å². The maximum atomic E-state index is 12.2. The molecule has 2 amide bonds. The Labute approximate surface area is 156 Å². The van der Waals surface area contributed by atoms with Crippen LogP contribution in [0.1, 0.15) is 61.3 Å². The van der Waals surface area contributed by atoms with Gasteiger partial charge >= 0.3 is 6.09 Å². The van der Waals surface area contributed by atoms with Crippen molar-refractivity contribution in [3.63, 3.8) is 0 Å². The number of piperidine rings is 1. The summed E-state index contributed by atoms with van der Waals surface area (Å²) in [6, 6.07) is 1.50.